The molecule has 0 radical (unpaired) electrons. The van der Waals surface area contributed by atoms with Gasteiger partial charge in [-0.05, 0) is 45.0 Å². The Kier molecular flexibility index (Phi) is 4.18. The molecule has 3 rings (SSSR count). The molecule has 5 heteroatoms. The van der Waals surface area contributed by atoms with Gasteiger partial charge in [-0.25, -0.2) is 9.37 Å². The summed E-state index contributed by atoms with van der Waals surface area (Å²) in [6.45, 7) is 7.24. The van der Waals surface area contributed by atoms with E-state index >= 15 is 0 Å². The number of likely N-dealkylation sites (N-methyl/N-ethyl adjacent to an activating group) is 1. The van der Waals surface area contributed by atoms with E-state index < -0.39 is 0 Å². The van der Waals surface area contributed by atoms with Gasteiger partial charge in [0, 0.05) is 12.6 Å². The fourth-order valence-corrected chi connectivity index (χ4v) is 3.45. The molecule has 2 unspecified atom stereocenters. The van der Waals surface area contributed by atoms with Gasteiger partial charge in [-0.2, -0.15) is 0 Å². The lowest BCUT2D eigenvalue weighted by molar-refractivity contribution is 0.185. The molecular formula is C16H21ClFN3. The molecule has 114 valence electrons. The summed E-state index contributed by atoms with van der Waals surface area (Å²) in [5, 5.41) is -0.228. The van der Waals surface area contributed by atoms with Gasteiger partial charge in [0.25, 0.3) is 0 Å². The van der Waals surface area contributed by atoms with Crippen molar-refractivity contribution in [3.05, 3.63) is 29.8 Å². The second-order valence-electron chi connectivity index (χ2n) is 5.75. The van der Waals surface area contributed by atoms with E-state index in [9.17, 15) is 4.39 Å². The Morgan fingerprint density at radius 2 is 2.29 bits per heavy atom. The van der Waals surface area contributed by atoms with Crippen LogP contribution in [0.4, 0.5) is 4.39 Å². The minimum Gasteiger partial charge on any atom is -0.322 e. The maximum atomic E-state index is 14.0. The summed E-state index contributed by atoms with van der Waals surface area (Å²) < 4.78 is 16.2. The van der Waals surface area contributed by atoms with Crippen LogP contribution in [0, 0.1) is 5.82 Å². The van der Waals surface area contributed by atoms with Crippen LogP contribution >= 0.6 is 11.6 Å². The van der Waals surface area contributed by atoms with E-state index in [1.165, 1.54) is 6.07 Å². The molecule has 1 aliphatic heterocycles. The lowest BCUT2D eigenvalue weighted by Crippen LogP contribution is -2.36. The third-order valence-corrected chi connectivity index (χ3v) is 4.54. The molecule has 1 aromatic heterocycles. The van der Waals surface area contributed by atoms with Crippen molar-refractivity contribution >= 4 is 22.6 Å². The summed E-state index contributed by atoms with van der Waals surface area (Å²) in [6.07, 6.45) is 2.25. The Bertz CT molecular complexity index is 638. The highest BCUT2D eigenvalue weighted by molar-refractivity contribution is 6.20. The number of nitrogens with zero attached hydrogens (tertiary/aromatic N) is 3. The van der Waals surface area contributed by atoms with E-state index in [-0.39, 0.29) is 11.2 Å². The largest absolute Gasteiger partial charge is 0.322 e. The van der Waals surface area contributed by atoms with Crippen molar-refractivity contribution in [2.24, 2.45) is 0 Å². The first-order valence-corrected chi connectivity index (χ1v) is 8.08. The smallest absolute Gasteiger partial charge is 0.151 e. The highest BCUT2D eigenvalue weighted by Crippen LogP contribution is 2.32. The predicted octanol–water partition coefficient (Wildman–Crippen LogP) is 4.13. The number of alkyl halides is 1. The summed E-state index contributed by atoms with van der Waals surface area (Å²) in [5.41, 5.74) is 1.30. The number of fused-ring (bicyclic) bond motifs is 1. The van der Waals surface area contributed by atoms with Crippen LogP contribution < -0.4 is 0 Å². The first-order valence-electron chi connectivity index (χ1n) is 7.64. The van der Waals surface area contributed by atoms with Gasteiger partial charge >= 0.3 is 0 Å². The van der Waals surface area contributed by atoms with Gasteiger partial charge in [-0.15, -0.1) is 11.6 Å². The third kappa shape index (κ3) is 2.67. The molecule has 2 aromatic rings. The minimum atomic E-state index is -0.270. The number of hydrogen-bond donors (Lipinski definition) is 0. The number of aromatic nitrogens is 2. The number of imidazole rings is 1. The van der Waals surface area contributed by atoms with Crippen LogP contribution in [0.5, 0.6) is 0 Å². The Morgan fingerprint density at radius 3 is 3.00 bits per heavy atom. The summed E-state index contributed by atoms with van der Waals surface area (Å²) >= 11 is 6.30. The lowest BCUT2D eigenvalue weighted by atomic mass is 10.0. The number of rotatable bonds is 3. The zero-order valence-electron chi connectivity index (χ0n) is 12.5. The number of para-hydroxylation sites is 1. The highest BCUT2D eigenvalue weighted by Gasteiger charge is 2.26. The average molecular weight is 310 g/mol. The van der Waals surface area contributed by atoms with E-state index in [0.717, 1.165) is 43.8 Å². The Hall–Kier alpha value is -1.13. The van der Waals surface area contributed by atoms with E-state index in [0.29, 0.717) is 11.6 Å². The third-order valence-electron chi connectivity index (χ3n) is 4.35. The van der Waals surface area contributed by atoms with Crippen LogP contribution in [0.2, 0.25) is 0 Å². The normalized spacial score (nSPS) is 21.8. The van der Waals surface area contributed by atoms with Crippen molar-refractivity contribution in [2.45, 2.75) is 38.1 Å². The van der Waals surface area contributed by atoms with Gasteiger partial charge in [0.1, 0.15) is 11.3 Å². The zero-order valence-corrected chi connectivity index (χ0v) is 13.3. The lowest BCUT2D eigenvalue weighted by Gasteiger charge is -2.34. The average Bonchev–Trinajstić information content (AvgIpc) is 2.88. The Morgan fingerprint density at radius 1 is 1.48 bits per heavy atom. The van der Waals surface area contributed by atoms with Gasteiger partial charge in [-0.1, -0.05) is 13.0 Å². The van der Waals surface area contributed by atoms with E-state index in [2.05, 4.69) is 21.4 Å². The van der Waals surface area contributed by atoms with E-state index in [4.69, 9.17) is 11.6 Å². The van der Waals surface area contributed by atoms with Gasteiger partial charge in [0.2, 0.25) is 0 Å². The fourth-order valence-electron chi connectivity index (χ4n) is 3.29. The van der Waals surface area contributed by atoms with Crippen LogP contribution in [0.25, 0.3) is 11.0 Å². The predicted molar refractivity (Wildman–Crippen MR) is 84.3 cm³/mol. The van der Waals surface area contributed by atoms with Crippen molar-refractivity contribution in [1.29, 1.82) is 0 Å². The van der Waals surface area contributed by atoms with Crippen LogP contribution in [-0.2, 0) is 0 Å². The zero-order chi connectivity index (χ0) is 15.0. The van der Waals surface area contributed by atoms with Gasteiger partial charge in [0.15, 0.2) is 5.82 Å². The molecule has 1 fully saturated rings. The van der Waals surface area contributed by atoms with Gasteiger partial charge in [-0.3, -0.25) is 0 Å². The molecule has 3 nitrogen and oxygen atoms in total. The van der Waals surface area contributed by atoms with E-state index in [1.54, 1.807) is 6.07 Å². The molecule has 0 N–H and O–H groups in total. The maximum Gasteiger partial charge on any atom is 0.151 e. The van der Waals surface area contributed by atoms with Gasteiger partial charge < -0.3 is 9.47 Å². The van der Waals surface area contributed by atoms with Crippen molar-refractivity contribution in [3.63, 3.8) is 0 Å². The molecule has 0 saturated carbocycles. The van der Waals surface area contributed by atoms with Crippen molar-refractivity contribution in [1.82, 2.24) is 14.5 Å². The quantitative estimate of drug-likeness (QED) is 0.795. The standard InChI is InChI=1S/C16H21ClFN3/c1-3-20-9-5-6-12(10-20)21-14-8-4-7-13(18)15(14)19-16(21)11(2)17/h4,7-8,11-12H,3,5-6,9-10H2,1-2H3. The molecule has 0 aliphatic carbocycles. The van der Waals surface area contributed by atoms with Crippen LogP contribution in [-0.4, -0.2) is 34.1 Å². The number of likely N-dealkylation sites (tertiary alicyclic amines) is 1. The summed E-state index contributed by atoms with van der Waals surface area (Å²) in [4.78, 5) is 6.91. The highest BCUT2D eigenvalue weighted by atomic mass is 35.5. The first kappa shape index (κ1) is 14.8. The molecule has 2 atom stereocenters. The maximum absolute atomic E-state index is 14.0. The molecule has 1 aliphatic rings. The molecule has 21 heavy (non-hydrogen) atoms. The summed E-state index contributed by atoms with van der Waals surface area (Å²) in [5.74, 6) is 0.507. The van der Waals surface area contributed by atoms with Gasteiger partial charge in [0.05, 0.1) is 10.9 Å². The van der Waals surface area contributed by atoms with Crippen LogP contribution in [0.15, 0.2) is 18.2 Å². The monoisotopic (exact) mass is 309 g/mol. The van der Waals surface area contributed by atoms with E-state index in [1.807, 2.05) is 13.0 Å². The molecular weight excluding hydrogens is 289 g/mol. The molecule has 0 spiro atoms. The molecule has 1 aromatic carbocycles. The topological polar surface area (TPSA) is 21.1 Å². The summed E-state index contributed by atoms with van der Waals surface area (Å²) in [7, 11) is 0. The van der Waals surface area contributed by atoms with Crippen molar-refractivity contribution < 1.29 is 4.39 Å². The first-order chi connectivity index (χ1) is 10.1. The second-order valence-corrected chi connectivity index (χ2v) is 6.41. The SMILES string of the molecule is CCN1CCCC(n2c(C(C)Cl)nc3c(F)cccc32)C1. The summed E-state index contributed by atoms with van der Waals surface area (Å²) in [6, 6.07) is 5.47. The molecule has 2 heterocycles. The number of benzene rings is 1. The number of halogens is 2. The molecule has 0 amide bonds. The number of hydrogen-bond acceptors (Lipinski definition) is 2. The minimum absolute atomic E-state index is 0.228. The fraction of sp³-hybridized carbons (Fsp3) is 0.562. The molecule has 1 saturated heterocycles. The Balaban J connectivity index is 2.11. The van der Waals surface area contributed by atoms with Crippen molar-refractivity contribution in [3.8, 4) is 0 Å². The molecule has 0 bridgehead atoms. The Labute approximate surface area is 129 Å². The van der Waals surface area contributed by atoms with Crippen LogP contribution in [0.3, 0.4) is 0 Å². The van der Waals surface area contributed by atoms with Crippen LogP contribution in [0.1, 0.15) is 43.9 Å². The number of piperidine rings is 1. The van der Waals surface area contributed by atoms with Crippen molar-refractivity contribution in [2.75, 3.05) is 19.6 Å². The second kappa shape index (κ2) is 5.93.